The minimum absolute atomic E-state index is 0.00406. The third kappa shape index (κ3) is 4.15. The number of aromatic nitrogens is 6. The first kappa shape index (κ1) is 26.7. The van der Waals surface area contributed by atoms with Crippen molar-refractivity contribution >= 4 is 22.6 Å². The van der Waals surface area contributed by atoms with E-state index in [4.69, 9.17) is 14.5 Å². The second kappa shape index (κ2) is 10.1. The Bertz CT molecular complexity index is 1940. The van der Waals surface area contributed by atoms with Gasteiger partial charge in [0.05, 0.1) is 34.7 Å². The van der Waals surface area contributed by atoms with Crippen molar-refractivity contribution in [2.45, 2.75) is 64.0 Å². The van der Waals surface area contributed by atoms with Crippen LogP contribution in [0.3, 0.4) is 0 Å². The molecule has 3 aromatic carbocycles. The number of hydrogen-bond acceptors (Lipinski definition) is 8. The van der Waals surface area contributed by atoms with Gasteiger partial charge in [-0.05, 0) is 79.1 Å². The van der Waals surface area contributed by atoms with Crippen LogP contribution in [0, 0.1) is 5.92 Å². The molecule has 2 aliphatic heterocycles. The van der Waals surface area contributed by atoms with Gasteiger partial charge in [-0.1, -0.05) is 32.3 Å². The van der Waals surface area contributed by atoms with Gasteiger partial charge in [-0.2, -0.15) is 5.21 Å². The quantitative estimate of drug-likeness (QED) is 0.253. The first-order valence-electron chi connectivity index (χ1n) is 15.3. The number of rotatable bonds is 4. The zero-order chi connectivity index (χ0) is 30.0. The Labute approximate surface area is 253 Å². The Hall–Kier alpha value is -4.86. The van der Waals surface area contributed by atoms with Crippen LogP contribution >= 0.6 is 0 Å². The highest BCUT2D eigenvalue weighted by Crippen LogP contribution is 2.46. The molecule has 10 nitrogen and oxygen atoms in total. The lowest BCUT2D eigenvalue weighted by atomic mass is 9.76. The van der Waals surface area contributed by atoms with E-state index in [0.717, 1.165) is 46.4 Å². The summed E-state index contributed by atoms with van der Waals surface area (Å²) in [6.45, 7) is 4.20. The first-order chi connectivity index (χ1) is 21.4. The molecule has 2 unspecified atom stereocenters. The van der Waals surface area contributed by atoms with E-state index in [1.807, 2.05) is 62.4 Å². The van der Waals surface area contributed by atoms with E-state index in [1.54, 1.807) is 0 Å². The Balaban J connectivity index is 1.21. The van der Waals surface area contributed by atoms with Crippen LogP contribution in [0.15, 0.2) is 54.6 Å². The van der Waals surface area contributed by atoms with Crippen molar-refractivity contribution in [3.05, 3.63) is 71.3 Å². The SMILES string of the molecule is CC1C(=O)c2cc(-c3nc4cc(-c5nn[nH]n5)ccc4n3C3CCCCC3)ccc2OC1(C)c1ccc2c(c1)C(=O)CCO2. The van der Waals surface area contributed by atoms with E-state index in [2.05, 4.69) is 31.3 Å². The maximum Gasteiger partial charge on any atom is 0.204 e. The van der Waals surface area contributed by atoms with Gasteiger partial charge in [0.15, 0.2) is 11.6 Å². The fourth-order valence-electron chi connectivity index (χ4n) is 7.07. The number of imidazole rings is 1. The van der Waals surface area contributed by atoms with Gasteiger partial charge < -0.3 is 14.0 Å². The highest BCUT2D eigenvalue weighted by atomic mass is 16.5. The number of carbonyl (C=O) groups excluding carboxylic acids is 2. The Kier molecular flexibility index (Phi) is 6.14. The largest absolute Gasteiger partial charge is 0.492 e. The maximum atomic E-state index is 14.1. The molecule has 0 saturated heterocycles. The van der Waals surface area contributed by atoms with Crippen molar-refractivity contribution in [2.24, 2.45) is 5.92 Å². The van der Waals surface area contributed by atoms with Gasteiger partial charge in [0.1, 0.15) is 22.9 Å². The summed E-state index contributed by atoms with van der Waals surface area (Å²) in [5.74, 6) is 2.01. The van der Waals surface area contributed by atoms with Gasteiger partial charge >= 0.3 is 0 Å². The molecule has 5 aromatic rings. The van der Waals surface area contributed by atoms with E-state index >= 15 is 0 Å². The topological polar surface area (TPSA) is 125 Å². The minimum Gasteiger partial charge on any atom is -0.492 e. The second-order valence-corrected chi connectivity index (χ2v) is 12.3. The molecule has 0 bridgehead atoms. The number of Topliss-reactive ketones (excluding diaryl/α,β-unsaturated/α-hetero) is 2. The molecule has 8 rings (SSSR count). The van der Waals surface area contributed by atoms with Crippen LogP contribution in [-0.4, -0.2) is 48.3 Å². The highest BCUT2D eigenvalue weighted by Gasteiger charge is 2.45. The third-order valence-electron chi connectivity index (χ3n) is 9.72. The summed E-state index contributed by atoms with van der Waals surface area (Å²) in [5, 5.41) is 14.5. The van der Waals surface area contributed by atoms with Crippen LogP contribution in [0.1, 0.15) is 84.7 Å². The molecule has 0 radical (unpaired) electrons. The average molecular weight is 589 g/mol. The van der Waals surface area contributed by atoms with E-state index in [1.165, 1.54) is 19.3 Å². The van der Waals surface area contributed by atoms with Gasteiger partial charge in [0, 0.05) is 23.6 Å². The summed E-state index contributed by atoms with van der Waals surface area (Å²) in [4.78, 5) is 31.8. The van der Waals surface area contributed by atoms with E-state index < -0.39 is 11.5 Å². The average Bonchev–Trinajstić information content (AvgIpc) is 3.73. The number of nitrogens with zero attached hydrogens (tertiary/aromatic N) is 5. The van der Waals surface area contributed by atoms with Crippen molar-refractivity contribution in [3.63, 3.8) is 0 Å². The summed E-state index contributed by atoms with van der Waals surface area (Å²) in [5.41, 5.74) is 4.52. The number of hydrogen-bond donors (Lipinski definition) is 1. The first-order valence-corrected chi connectivity index (χ1v) is 15.3. The second-order valence-electron chi connectivity index (χ2n) is 12.3. The molecule has 4 heterocycles. The Morgan fingerprint density at radius 2 is 1.75 bits per heavy atom. The molecular weight excluding hydrogens is 556 g/mol. The van der Waals surface area contributed by atoms with Gasteiger partial charge in [0.2, 0.25) is 5.82 Å². The molecule has 3 aliphatic rings. The van der Waals surface area contributed by atoms with Gasteiger partial charge in [0.25, 0.3) is 0 Å². The Morgan fingerprint density at radius 1 is 0.932 bits per heavy atom. The van der Waals surface area contributed by atoms with Gasteiger partial charge in [-0.15, -0.1) is 10.2 Å². The van der Waals surface area contributed by atoms with Crippen LogP contribution < -0.4 is 9.47 Å². The lowest BCUT2D eigenvalue weighted by molar-refractivity contribution is 0.0165. The smallest absolute Gasteiger partial charge is 0.204 e. The number of nitrogens with one attached hydrogen (secondary N) is 1. The number of ketones is 2. The maximum absolute atomic E-state index is 14.1. The van der Waals surface area contributed by atoms with Crippen LogP contribution in [0.2, 0.25) is 0 Å². The summed E-state index contributed by atoms with van der Waals surface area (Å²) in [6, 6.07) is 17.8. The normalized spacial score (nSPS) is 21.9. The molecule has 44 heavy (non-hydrogen) atoms. The summed E-state index contributed by atoms with van der Waals surface area (Å²) < 4.78 is 14.7. The third-order valence-corrected chi connectivity index (χ3v) is 9.72. The number of ether oxygens (including phenoxy) is 2. The zero-order valence-electron chi connectivity index (χ0n) is 24.7. The van der Waals surface area contributed by atoms with Crippen LogP contribution in [0.4, 0.5) is 0 Å². The van der Waals surface area contributed by atoms with Crippen LogP contribution in [-0.2, 0) is 5.60 Å². The molecule has 222 valence electrons. The van der Waals surface area contributed by atoms with Crippen molar-refractivity contribution in [3.8, 4) is 34.3 Å². The lowest BCUT2D eigenvalue weighted by Crippen LogP contribution is -2.44. The van der Waals surface area contributed by atoms with E-state index in [9.17, 15) is 9.59 Å². The molecule has 2 aromatic heterocycles. The molecule has 1 saturated carbocycles. The van der Waals surface area contributed by atoms with Crippen molar-refractivity contribution in [2.75, 3.05) is 6.61 Å². The zero-order valence-corrected chi connectivity index (χ0v) is 24.7. The fourth-order valence-corrected chi connectivity index (χ4v) is 7.07. The molecule has 1 aliphatic carbocycles. The summed E-state index contributed by atoms with van der Waals surface area (Å²) >= 11 is 0. The molecule has 0 spiro atoms. The van der Waals surface area contributed by atoms with Crippen LogP contribution in [0.25, 0.3) is 33.8 Å². The number of fused-ring (bicyclic) bond motifs is 3. The number of tetrazole rings is 1. The van der Waals surface area contributed by atoms with Gasteiger partial charge in [-0.3, -0.25) is 9.59 Å². The van der Waals surface area contributed by atoms with Crippen molar-refractivity contribution in [1.29, 1.82) is 0 Å². The number of carbonyl (C=O) groups is 2. The van der Waals surface area contributed by atoms with E-state index in [0.29, 0.717) is 47.5 Å². The minimum atomic E-state index is -0.945. The molecular formula is C34H32N6O4. The van der Waals surface area contributed by atoms with Gasteiger partial charge in [-0.25, -0.2) is 4.98 Å². The monoisotopic (exact) mass is 588 g/mol. The highest BCUT2D eigenvalue weighted by molar-refractivity contribution is 6.03. The number of benzene rings is 3. The molecule has 1 fully saturated rings. The lowest BCUT2D eigenvalue weighted by Gasteiger charge is -2.40. The molecule has 2 atom stereocenters. The fraction of sp³-hybridized carbons (Fsp3) is 0.353. The molecule has 1 N–H and O–H groups in total. The molecule has 0 amide bonds. The standard InChI is InChI=1S/C34H32N6O4/c1-19-31(42)25-16-21(9-12-30(25)44-34(19,2)22-10-13-29-24(18-22)28(41)14-15-43-29)33-35-26-17-20(32-36-38-39-37-32)8-11-27(26)40(33)23-6-4-3-5-7-23/h8-13,16-19,23H,3-7,14-15H2,1-2H3,(H,36,37,38,39). The van der Waals surface area contributed by atoms with Crippen molar-refractivity contribution < 1.29 is 19.1 Å². The summed E-state index contributed by atoms with van der Waals surface area (Å²) in [7, 11) is 0. The van der Waals surface area contributed by atoms with Crippen molar-refractivity contribution in [1.82, 2.24) is 30.2 Å². The van der Waals surface area contributed by atoms with E-state index in [-0.39, 0.29) is 11.6 Å². The predicted molar refractivity (Wildman–Crippen MR) is 163 cm³/mol. The summed E-state index contributed by atoms with van der Waals surface area (Å²) in [6.07, 6.45) is 6.12. The number of aromatic amines is 1. The Morgan fingerprint density at radius 3 is 2.57 bits per heavy atom. The molecule has 10 heteroatoms. The van der Waals surface area contributed by atoms with Crippen LogP contribution in [0.5, 0.6) is 11.5 Å². The number of H-pyrrole nitrogens is 1. The predicted octanol–water partition coefficient (Wildman–Crippen LogP) is 6.48.